The Labute approximate surface area is 137 Å². The van der Waals surface area contributed by atoms with Gasteiger partial charge in [-0.05, 0) is 31.2 Å². The first-order valence-corrected chi connectivity index (χ1v) is 7.80. The molecule has 0 aliphatic rings. The molecule has 1 aromatic heterocycles. The van der Waals surface area contributed by atoms with Crippen LogP contribution in [-0.4, -0.2) is 30.7 Å². The number of rotatable bonds is 6. The monoisotopic (exact) mass is 335 g/mol. The molecule has 0 saturated heterocycles. The van der Waals surface area contributed by atoms with Crippen molar-refractivity contribution in [3.8, 4) is 5.75 Å². The summed E-state index contributed by atoms with van der Waals surface area (Å²) in [5, 5.41) is 7.33. The normalized spacial score (nSPS) is 10.0. The third-order valence-electron chi connectivity index (χ3n) is 2.74. The molecule has 0 atom stereocenters. The van der Waals surface area contributed by atoms with Crippen LogP contribution in [0.5, 0.6) is 5.75 Å². The largest absolute Gasteiger partial charge is 0.494 e. The maximum absolute atomic E-state index is 12.0. The van der Waals surface area contributed by atoms with Gasteiger partial charge in [-0.25, -0.2) is 9.78 Å². The molecule has 1 heterocycles. The van der Waals surface area contributed by atoms with E-state index in [0.29, 0.717) is 23.1 Å². The first-order valence-electron chi connectivity index (χ1n) is 6.92. The van der Waals surface area contributed by atoms with E-state index in [-0.39, 0.29) is 12.3 Å². The van der Waals surface area contributed by atoms with Gasteiger partial charge in [-0.1, -0.05) is 0 Å². The Bertz CT molecular complexity index is 670. The highest BCUT2D eigenvalue weighted by molar-refractivity contribution is 7.13. The summed E-state index contributed by atoms with van der Waals surface area (Å²) in [4.78, 5) is 27.2. The summed E-state index contributed by atoms with van der Waals surface area (Å²) < 4.78 is 9.82. The fraction of sp³-hybridized carbons (Fsp3) is 0.267. The van der Waals surface area contributed by atoms with Gasteiger partial charge in [0.05, 0.1) is 25.8 Å². The molecule has 0 saturated carbocycles. The molecule has 0 unspecified atom stereocenters. The van der Waals surface area contributed by atoms with Gasteiger partial charge in [0.1, 0.15) is 5.75 Å². The Morgan fingerprint density at radius 1 is 1.22 bits per heavy atom. The van der Waals surface area contributed by atoms with Crippen LogP contribution in [0.15, 0.2) is 29.6 Å². The van der Waals surface area contributed by atoms with Crippen molar-refractivity contribution >= 4 is 34.2 Å². The number of nitrogens with one attached hydrogen (secondary N) is 2. The standard InChI is InChI=1S/C15H17N3O4S/c1-3-22-12-6-4-10(5-7-12)16-13(19)8-11-9-23-14(17-11)18-15(20)21-2/h4-7,9H,3,8H2,1-2H3,(H,16,19)(H,17,18,20). The Morgan fingerprint density at radius 3 is 2.61 bits per heavy atom. The summed E-state index contributed by atoms with van der Waals surface area (Å²) in [6.07, 6.45) is -0.475. The van der Waals surface area contributed by atoms with Gasteiger partial charge in [-0.2, -0.15) is 0 Å². The lowest BCUT2D eigenvalue weighted by Gasteiger charge is -2.06. The van der Waals surface area contributed by atoms with E-state index in [9.17, 15) is 9.59 Å². The maximum Gasteiger partial charge on any atom is 0.413 e. The first kappa shape index (κ1) is 16.8. The molecule has 23 heavy (non-hydrogen) atoms. The van der Waals surface area contributed by atoms with E-state index in [1.807, 2.05) is 6.92 Å². The van der Waals surface area contributed by atoms with Crippen molar-refractivity contribution in [1.29, 1.82) is 0 Å². The summed E-state index contributed by atoms with van der Waals surface area (Å²) in [6, 6.07) is 7.13. The molecular weight excluding hydrogens is 318 g/mol. The molecule has 122 valence electrons. The van der Waals surface area contributed by atoms with Gasteiger partial charge in [0, 0.05) is 11.1 Å². The summed E-state index contributed by atoms with van der Waals surface area (Å²) in [7, 11) is 1.27. The molecule has 2 N–H and O–H groups in total. The van der Waals surface area contributed by atoms with Crippen LogP contribution >= 0.6 is 11.3 Å². The second-order valence-electron chi connectivity index (χ2n) is 4.44. The van der Waals surface area contributed by atoms with Gasteiger partial charge < -0.3 is 14.8 Å². The Hall–Kier alpha value is -2.61. The van der Waals surface area contributed by atoms with Crippen LogP contribution in [0.4, 0.5) is 15.6 Å². The molecular formula is C15H17N3O4S. The highest BCUT2D eigenvalue weighted by Gasteiger charge is 2.10. The number of carbonyl (C=O) groups is 2. The maximum atomic E-state index is 12.0. The predicted molar refractivity (Wildman–Crippen MR) is 88.1 cm³/mol. The number of hydrogen-bond donors (Lipinski definition) is 2. The molecule has 2 amide bonds. The molecule has 0 radical (unpaired) electrons. The van der Waals surface area contributed by atoms with E-state index < -0.39 is 6.09 Å². The van der Waals surface area contributed by atoms with E-state index >= 15 is 0 Å². The van der Waals surface area contributed by atoms with Crippen molar-refractivity contribution in [3.63, 3.8) is 0 Å². The molecule has 0 aliphatic carbocycles. The topological polar surface area (TPSA) is 89.6 Å². The lowest BCUT2D eigenvalue weighted by atomic mass is 10.2. The number of methoxy groups -OCH3 is 1. The molecule has 0 aliphatic heterocycles. The smallest absolute Gasteiger partial charge is 0.413 e. The third kappa shape index (κ3) is 5.26. The highest BCUT2D eigenvalue weighted by Crippen LogP contribution is 2.18. The lowest BCUT2D eigenvalue weighted by molar-refractivity contribution is -0.115. The van der Waals surface area contributed by atoms with E-state index in [2.05, 4.69) is 20.4 Å². The second-order valence-corrected chi connectivity index (χ2v) is 5.30. The van der Waals surface area contributed by atoms with Crippen LogP contribution in [0.3, 0.4) is 0 Å². The molecule has 0 spiro atoms. The van der Waals surface area contributed by atoms with Crippen LogP contribution in [0.1, 0.15) is 12.6 Å². The molecule has 0 bridgehead atoms. The average molecular weight is 335 g/mol. The SMILES string of the molecule is CCOc1ccc(NC(=O)Cc2csc(NC(=O)OC)n2)cc1. The van der Waals surface area contributed by atoms with Crippen molar-refractivity contribution in [1.82, 2.24) is 4.98 Å². The van der Waals surface area contributed by atoms with Crippen molar-refractivity contribution in [2.45, 2.75) is 13.3 Å². The number of amides is 2. The zero-order chi connectivity index (χ0) is 16.7. The Morgan fingerprint density at radius 2 is 1.96 bits per heavy atom. The van der Waals surface area contributed by atoms with Gasteiger partial charge in [0.25, 0.3) is 0 Å². The number of carbonyl (C=O) groups excluding carboxylic acids is 2. The number of hydrogen-bond acceptors (Lipinski definition) is 6. The Balaban J connectivity index is 1.88. The fourth-order valence-electron chi connectivity index (χ4n) is 1.75. The summed E-state index contributed by atoms with van der Waals surface area (Å²) in [6.45, 7) is 2.50. The third-order valence-corrected chi connectivity index (χ3v) is 3.54. The number of anilines is 2. The summed E-state index contributed by atoms with van der Waals surface area (Å²) in [5.74, 6) is 0.563. The van der Waals surface area contributed by atoms with Gasteiger partial charge in [0.2, 0.25) is 5.91 Å². The van der Waals surface area contributed by atoms with E-state index in [0.717, 1.165) is 5.75 Å². The summed E-state index contributed by atoms with van der Waals surface area (Å²) in [5.41, 5.74) is 1.26. The molecule has 7 nitrogen and oxygen atoms in total. The fourth-order valence-corrected chi connectivity index (χ4v) is 2.45. The number of benzene rings is 1. The van der Waals surface area contributed by atoms with Gasteiger partial charge in [-0.3, -0.25) is 10.1 Å². The quantitative estimate of drug-likeness (QED) is 0.847. The van der Waals surface area contributed by atoms with Crippen LogP contribution in [0.25, 0.3) is 0 Å². The van der Waals surface area contributed by atoms with E-state index in [1.54, 1.807) is 29.6 Å². The molecule has 8 heteroatoms. The van der Waals surface area contributed by atoms with Crippen LogP contribution in [0.2, 0.25) is 0 Å². The molecule has 1 aromatic carbocycles. The zero-order valence-electron chi connectivity index (χ0n) is 12.8. The first-order chi connectivity index (χ1) is 11.1. The average Bonchev–Trinajstić information content (AvgIpc) is 2.96. The van der Waals surface area contributed by atoms with Gasteiger partial charge in [0.15, 0.2) is 5.13 Å². The number of aromatic nitrogens is 1. The van der Waals surface area contributed by atoms with E-state index in [4.69, 9.17) is 4.74 Å². The molecule has 2 rings (SSSR count). The molecule has 2 aromatic rings. The minimum atomic E-state index is -0.593. The highest BCUT2D eigenvalue weighted by atomic mass is 32.1. The van der Waals surface area contributed by atoms with Crippen molar-refractivity contribution < 1.29 is 19.1 Å². The van der Waals surface area contributed by atoms with Crippen LogP contribution < -0.4 is 15.4 Å². The molecule has 0 fully saturated rings. The van der Waals surface area contributed by atoms with Crippen LogP contribution in [-0.2, 0) is 16.0 Å². The second kappa shape index (κ2) is 8.14. The van der Waals surface area contributed by atoms with Crippen LogP contribution in [0, 0.1) is 0 Å². The van der Waals surface area contributed by atoms with Crippen molar-refractivity contribution in [3.05, 3.63) is 35.3 Å². The zero-order valence-corrected chi connectivity index (χ0v) is 13.6. The minimum Gasteiger partial charge on any atom is -0.494 e. The predicted octanol–water partition coefficient (Wildman–Crippen LogP) is 2.90. The lowest BCUT2D eigenvalue weighted by Crippen LogP contribution is -2.15. The van der Waals surface area contributed by atoms with E-state index in [1.165, 1.54) is 18.4 Å². The number of nitrogens with zero attached hydrogens (tertiary/aromatic N) is 1. The number of ether oxygens (including phenoxy) is 2. The van der Waals surface area contributed by atoms with Gasteiger partial charge >= 0.3 is 6.09 Å². The van der Waals surface area contributed by atoms with Gasteiger partial charge in [-0.15, -0.1) is 11.3 Å². The minimum absolute atomic E-state index is 0.118. The Kier molecular flexibility index (Phi) is 5.93. The van der Waals surface area contributed by atoms with Crippen molar-refractivity contribution in [2.24, 2.45) is 0 Å². The van der Waals surface area contributed by atoms with Crippen molar-refractivity contribution in [2.75, 3.05) is 24.4 Å². The summed E-state index contributed by atoms with van der Waals surface area (Å²) >= 11 is 1.23. The number of thiazole rings is 1.